The first-order valence-electron chi connectivity index (χ1n) is 8.87. The predicted molar refractivity (Wildman–Crippen MR) is 106 cm³/mol. The Balaban J connectivity index is 2.36. The number of nitrogens with zero attached hydrogens (tertiary/aromatic N) is 2. The molecule has 10 heteroatoms. The van der Waals surface area contributed by atoms with E-state index in [0.29, 0.717) is 5.56 Å². The topological polar surface area (TPSA) is 99.4 Å². The monoisotopic (exact) mass is 424 g/mol. The Kier molecular flexibility index (Phi) is 7.04. The molecule has 7 nitrogen and oxygen atoms in total. The number of nitrogens with one attached hydrogen (secondary N) is 1. The molecule has 0 aliphatic heterocycles. The quantitative estimate of drug-likeness (QED) is 0.667. The summed E-state index contributed by atoms with van der Waals surface area (Å²) in [4.78, 5) is 19.3. The van der Waals surface area contributed by atoms with E-state index in [1.54, 1.807) is 13.0 Å². The molecule has 0 saturated carbocycles. The Bertz CT molecular complexity index is 939. The van der Waals surface area contributed by atoms with E-state index in [0.717, 1.165) is 17.8 Å². The molecule has 2 heterocycles. The number of carbonyl (C=O) groups is 1. The Morgan fingerprint density at radius 3 is 2.57 bits per heavy atom. The third-order valence-corrected chi connectivity index (χ3v) is 3.80. The van der Waals surface area contributed by atoms with Crippen LogP contribution in [0.5, 0.6) is 5.75 Å². The van der Waals surface area contributed by atoms with Crippen LogP contribution in [-0.4, -0.2) is 35.3 Å². The summed E-state index contributed by atoms with van der Waals surface area (Å²) in [6.07, 6.45) is -1.37. The molecule has 1 unspecified atom stereocenters. The Morgan fingerprint density at radius 1 is 1.27 bits per heavy atom. The molecule has 1 atom stereocenters. The van der Waals surface area contributed by atoms with Gasteiger partial charge in [0.25, 0.3) is 0 Å². The number of carbonyl (C=O) groups excluding carboxylic acids is 1. The maximum absolute atomic E-state index is 13.6. The molecule has 3 N–H and O–H groups in total. The summed E-state index contributed by atoms with van der Waals surface area (Å²) in [5, 5.41) is 2.34. The van der Waals surface area contributed by atoms with Crippen molar-refractivity contribution in [1.29, 1.82) is 0 Å². The number of hydrogen-bond acceptors (Lipinski definition) is 6. The van der Waals surface area contributed by atoms with Gasteiger partial charge < -0.3 is 15.2 Å². The largest absolute Gasteiger partial charge is 0.489 e. The number of amides is 1. The Labute approximate surface area is 172 Å². The van der Waals surface area contributed by atoms with Crippen molar-refractivity contribution < 1.29 is 27.4 Å². The van der Waals surface area contributed by atoms with Crippen LogP contribution in [0.3, 0.4) is 0 Å². The van der Waals surface area contributed by atoms with Gasteiger partial charge in [-0.15, -0.1) is 0 Å². The number of pyridine rings is 2. The van der Waals surface area contributed by atoms with Crippen molar-refractivity contribution in [1.82, 2.24) is 9.97 Å². The normalized spacial score (nSPS) is 13.2. The molecule has 2 aromatic rings. The van der Waals surface area contributed by atoms with Crippen LogP contribution in [0.1, 0.15) is 26.3 Å². The van der Waals surface area contributed by atoms with E-state index in [9.17, 15) is 18.0 Å². The van der Waals surface area contributed by atoms with Crippen LogP contribution in [0.25, 0.3) is 11.3 Å². The first-order valence-corrected chi connectivity index (χ1v) is 8.87. The van der Waals surface area contributed by atoms with Gasteiger partial charge in [0.1, 0.15) is 23.7 Å². The zero-order valence-corrected chi connectivity index (χ0v) is 17.0. The van der Waals surface area contributed by atoms with Crippen molar-refractivity contribution in [2.24, 2.45) is 5.73 Å². The van der Waals surface area contributed by atoms with Crippen molar-refractivity contribution in [2.75, 3.05) is 19.0 Å². The van der Waals surface area contributed by atoms with Crippen molar-refractivity contribution in [3.05, 3.63) is 47.8 Å². The lowest BCUT2D eigenvalue weighted by Crippen LogP contribution is -2.40. The van der Waals surface area contributed by atoms with E-state index >= 15 is 0 Å². The van der Waals surface area contributed by atoms with Crippen LogP contribution in [0, 0.1) is 0 Å². The first kappa shape index (κ1) is 23.1. The standard InChI is InChI=1S/C20H23F3N4O3/c1-12(2)9-19(3,24)11-30-16-10-26-15(8-14(16)20(21,22)23)13-5-6-25-17(7-13)27-18(28)29-4/h5-10H,11,24H2,1-4H3,(H,25,27,28). The highest BCUT2D eigenvalue weighted by Gasteiger charge is 2.35. The second-order valence-corrected chi connectivity index (χ2v) is 7.13. The minimum absolute atomic E-state index is 0.0322. The second kappa shape index (κ2) is 9.12. The lowest BCUT2D eigenvalue weighted by atomic mass is 10.0. The highest BCUT2D eigenvalue weighted by Crippen LogP contribution is 2.38. The van der Waals surface area contributed by atoms with Gasteiger partial charge in [-0.25, -0.2) is 9.78 Å². The van der Waals surface area contributed by atoms with Crippen LogP contribution >= 0.6 is 0 Å². The molecule has 0 fully saturated rings. The molecule has 0 aliphatic carbocycles. The SMILES string of the molecule is COC(=O)Nc1cc(-c2cc(C(F)(F)F)c(OCC(C)(N)C=C(C)C)cn2)ccn1. The summed E-state index contributed by atoms with van der Waals surface area (Å²) in [7, 11) is 1.18. The van der Waals surface area contributed by atoms with Crippen molar-refractivity contribution in [2.45, 2.75) is 32.5 Å². The average Bonchev–Trinajstić information content (AvgIpc) is 2.64. The first-order chi connectivity index (χ1) is 13.9. The fourth-order valence-electron chi connectivity index (χ4n) is 2.69. The van der Waals surface area contributed by atoms with E-state index in [1.807, 2.05) is 13.8 Å². The van der Waals surface area contributed by atoms with Gasteiger partial charge in [0.15, 0.2) is 0 Å². The van der Waals surface area contributed by atoms with Gasteiger partial charge >= 0.3 is 12.3 Å². The molecule has 0 aliphatic rings. The van der Waals surface area contributed by atoms with Gasteiger partial charge in [-0.05, 0) is 39.0 Å². The lowest BCUT2D eigenvalue weighted by molar-refractivity contribution is -0.139. The number of nitrogens with two attached hydrogens (primary N) is 1. The zero-order valence-electron chi connectivity index (χ0n) is 17.0. The summed E-state index contributed by atoms with van der Waals surface area (Å²) in [5.74, 6) is -0.317. The summed E-state index contributed by atoms with van der Waals surface area (Å²) >= 11 is 0. The fourth-order valence-corrected chi connectivity index (χ4v) is 2.69. The number of allylic oxidation sites excluding steroid dienone is 1. The number of methoxy groups -OCH3 is 1. The number of ether oxygens (including phenoxy) is 2. The average molecular weight is 424 g/mol. The van der Waals surface area contributed by atoms with E-state index in [1.165, 1.54) is 25.4 Å². The molecule has 0 radical (unpaired) electrons. The minimum Gasteiger partial charge on any atom is -0.489 e. The number of aromatic nitrogens is 2. The predicted octanol–water partition coefficient (Wildman–Crippen LogP) is 4.40. The number of anilines is 1. The van der Waals surface area contributed by atoms with Crippen LogP contribution in [0.4, 0.5) is 23.8 Å². The summed E-state index contributed by atoms with van der Waals surface area (Å²) in [6.45, 7) is 5.16. The number of hydrogen-bond donors (Lipinski definition) is 2. The highest BCUT2D eigenvalue weighted by molar-refractivity contribution is 5.84. The number of alkyl halides is 3. The van der Waals surface area contributed by atoms with Gasteiger partial charge in [0.2, 0.25) is 0 Å². The number of rotatable bonds is 6. The maximum atomic E-state index is 13.6. The fraction of sp³-hybridized carbons (Fsp3) is 0.350. The Morgan fingerprint density at radius 2 is 1.97 bits per heavy atom. The second-order valence-electron chi connectivity index (χ2n) is 7.13. The molecule has 0 bridgehead atoms. The van der Waals surface area contributed by atoms with Gasteiger partial charge in [0.05, 0.1) is 24.5 Å². The summed E-state index contributed by atoms with van der Waals surface area (Å²) in [5.41, 5.74) is 5.40. The molecule has 2 aromatic heterocycles. The third kappa shape index (κ3) is 6.45. The summed E-state index contributed by atoms with van der Waals surface area (Å²) < 4.78 is 50.7. The van der Waals surface area contributed by atoms with Gasteiger partial charge in [-0.2, -0.15) is 13.2 Å². The highest BCUT2D eigenvalue weighted by atomic mass is 19.4. The van der Waals surface area contributed by atoms with E-state index in [4.69, 9.17) is 10.5 Å². The van der Waals surface area contributed by atoms with Gasteiger partial charge in [-0.1, -0.05) is 11.6 Å². The molecule has 0 saturated heterocycles. The zero-order chi connectivity index (χ0) is 22.5. The summed E-state index contributed by atoms with van der Waals surface area (Å²) in [6, 6.07) is 3.73. The van der Waals surface area contributed by atoms with Gasteiger partial charge in [-0.3, -0.25) is 10.3 Å². The Hall–Kier alpha value is -3.14. The molecular formula is C20H23F3N4O3. The molecule has 30 heavy (non-hydrogen) atoms. The third-order valence-electron chi connectivity index (χ3n) is 3.80. The van der Waals surface area contributed by atoms with Crippen LogP contribution in [0.15, 0.2) is 42.2 Å². The van der Waals surface area contributed by atoms with E-state index in [-0.39, 0.29) is 18.1 Å². The van der Waals surface area contributed by atoms with E-state index < -0.39 is 29.1 Å². The smallest absolute Gasteiger partial charge is 0.420 e. The number of halogens is 3. The van der Waals surface area contributed by atoms with Crippen LogP contribution in [0.2, 0.25) is 0 Å². The molecule has 0 aromatic carbocycles. The van der Waals surface area contributed by atoms with Crippen molar-refractivity contribution in [3.8, 4) is 17.0 Å². The minimum atomic E-state index is -4.67. The van der Waals surface area contributed by atoms with Crippen molar-refractivity contribution >= 4 is 11.9 Å². The maximum Gasteiger partial charge on any atom is 0.420 e. The van der Waals surface area contributed by atoms with Crippen LogP contribution in [-0.2, 0) is 10.9 Å². The molecule has 0 spiro atoms. The molecule has 2 rings (SSSR count). The van der Waals surface area contributed by atoms with Crippen LogP contribution < -0.4 is 15.8 Å². The van der Waals surface area contributed by atoms with E-state index in [2.05, 4.69) is 20.0 Å². The van der Waals surface area contributed by atoms with Gasteiger partial charge in [0, 0.05) is 11.8 Å². The molecule has 1 amide bonds. The van der Waals surface area contributed by atoms with Crippen molar-refractivity contribution in [3.63, 3.8) is 0 Å². The molecule has 162 valence electrons. The lowest BCUT2D eigenvalue weighted by Gasteiger charge is -2.23. The molecular weight excluding hydrogens is 401 g/mol.